The van der Waals surface area contributed by atoms with E-state index in [4.69, 9.17) is 38.6 Å². The number of carboxylic acids is 2. The second-order valence-corrected chi connectivity index (χ2v) is 15.7. The number of aromatic carboxylic acids is 2. The van der Waals surface area contributed by atoms with E-state index in [0.29, 0.717) is 0 Å². The van der Waals surface area contributed by atoms with Crippen molar-refractivity contribution in [2.24, 2.45) is 0 Å². The molecular weight excluding hydrogens is 1020 g/mol. The topological polar surface area (TPSA) is 335 Å². The highest BCUT2D eigenvalue weighted by Crippen LogP contribution is 2.19. The molecule has 78 heavy (non-hydrogen) atoms. The number of benzene rings is 7. The van der Waals surface area contributed by atoms with E-state index in [-0.39, 0.29) is 55.6 Å². The van der Waals surface area contributed by atoms with Gasteiger partial charge in [0.25, 0.3) is 0 Å². The molecule has 0 radical (unpaired) electrons. The van der Waals surface area contributed by atoms with Crippen molar-refractivity contribution in [3.8, 4) is 0 Å². The summed E-state index contributed by atoms with van der Waals surface area (Å²) in [6.45, 7) is 0. The predicted molar refractivity (Wildman–Crippen MR) is 257 cm³/mol. The Balaban J connectivity index is 0.908. The fraction of sp³-hybridized carbons (Fsp3) is 0. The lowest BCUT2D eigenvalue weighted by molar-refractivity contribution is 0.0355. The van der Waals surface area contributed by atoms with Crippen LogP contribution >= 0.6 is 0 Å². The lowest BCUT2D eigenvalue weighted by atomic mass is 10.1. The molecule has 0 spiro atoms. The monoisotopic (exact) mass is 1050 g/mol. The molecule has 0 saturated carbocycles. The highest BCUT2D eigenvalue weighted by Gasteiger charge is 2.27. The molecule has 0 unspecified atom stereocenters. The number of carbonyl (C=O) groups excluding carboxylic acids is 12. The molecular formula is C56H30O22. The largest absolute Gasteiger partial charge is 0.478 e. The molecule has 386 valence electrons. The van der Waals surface area contributed by atoms with Crippen LogP contribution in [0, 0.1) is 0 Å². The van der Waals surface area contributed by atoms with Crippen LogP contribution in [0.1, 0.15) is 145 Å². The Kier molecular flexibility index (Phi) is 16.6. The van der Waals surface area contributed by atoms with E-state index in [0.717, 1.165) is 109 Å². The van der Waals surface area contributed by atoms with Crippen LogP contribution in [0.4, 0.5) is 0 Å². The first-order chi connectivity index (χ1) is 37.3. The smallest absolute Gasteiger partial charge is 0.346 e. The minimum absolute atomic E-state index is 0.201. The number of hydrogen-bond donors (Lipinski definition) is 2. The fourth-order valence-corrected chi connectivity index (χ4v) is 6.63. The number of rotatable bonds is 14. The summed E-state index contributed by atoms with van der Waals surface area (Å²) in [6.07, 6.45) is 0. The first-order valence-electron chi connectivity index (χ1n) is 22.0. The van der Waals surface area contributed by atoms with Gasteiger partial charge in [0.1, 0.15) is 0 Å². The predicted octanol–water partition coefficient (Wildman–Crippen LogP) is 7.07. The van der Waals surface area contributed by atoms with Gasteiger partial charge in [0.15, 0.2) is 0 Å². The molecule has 0 heterocycles. The average molecular weight is 1050 g/mol. The number of hydrogen-bond acceptors (Lipinski definition) is 20. The molecule has 0 aliphatic rings. The molecule has 22 nitrogen and oxygen atoms in total. The Bertz CT molecular complexity index is 3460. The summed E-state index contributed by atoms with van der Waals surface area (Å²) in [4.78, 5) is 177. The van der Waals surface area contributed by atoms with Gasteiger partial charge in [0.2, 0.25) is 0 Å². The van der Waals surface area contributed by atoms with Gasteiger partial charge in [-0.2, -0.15) is 0 Å². The van der Waals surface area contributed by atoms with Crippen molar-refractivity contribution in [3.05, 3.63) is 248 Å². The highest BCUT2D eigenvalue weighted by atomic mass is 16.6. The van der Waals surface area contributed by atoms with Crippen molar-refractivity contribution in [1.82, 2.24) is 0 Å². The Hall–Kier alpha value is -11.7. The van der Waals surface area contributed by atoms with Gasteiger partial charge >= 0.3 is 83.6 Å². The number of carboxylic acid groups (broad SMARTS) is 2. The molecule has 7 aromatic rings. The minimum atomic E-state index is -1.41. The van der Waals surface area contributed by atoms with Crippen molar-refractivity contribution in [2.45, 2.75) is 0 Å². The molecule has 0 saturated heterocycles. The number of carbonyl (C=O) groups is 14. The Morgan fingerprint density at radius 2 is 0.385 bits per heavy atom. The second-order valence-electron chi connectivity index (χ2n) is 15.7. The van der Waals surface area contributed by atoms with E-state index in [1.807, 2.05) is 0 Å². The molecule has 0 aromatic heterocycles. The van der Waals surface area contributed by atoms with Gasteiger partial charge in [-0.25, -0.2) is 67.1 Å². The van der Waals surface area contributed by atoms with Crippen LogP contribution in [0.25, 0.3) is 0 Å². The van der Waals surface area contributed by atoms with E-state index < -0.39 is 106 Å². The summed E-state index contributed by atoms with van der Waals surface area (Å²) in [6, 6.07) is 31.7. The second kappa shape index (κ2) is 23.9. The molecule has 0 aliphatic carbocycles. The van der Waals surface area contributed by atoms with Crippen LogP contribution in [0.5, 0.6) is 0 Å². The SMILES string of the molecule is O=C(O)c1cccc(C(=O)OC(=O)c2ccc(C(=O)OC(=O)c3cccc(C(=O)OC(=O)c4ccccc4C(=O)OC(=O)c4cccc(C(=O)OC(=O)c5ccc(C(=O)OC(=O)c6cccc(C(=O)O)c6)cc5)c4)c3)cc2)c1. The molecule has 22 heteroatoms. The first-order valence-corrected chi connectivity index (χ1v) is 22.0. The quantitative estimate of drug-likeness (QED) is 0.0624. The molecule has 2 N–H and O–H groups in total. The average Bonchev–Trinajstić information content (AvgIpc) is 3.45. The first kappa shape index (κ1) is 54.1. The van der Waals surface area contributed by atoms with Crippen LogP contribution in [-0.2, 0) is 28.4 Å². The Morgan fingerprint density at radius 1 is 0.205 bits per heavy atom. The molecule has 0 bridgehead atoms. The molecule has 0 atom stereocenters. The number of ether oxygens (including phenoxy) is 6. The summed E-state index contributed by atoms with van der Waals surface area (Å²) in [5.74, 6) is -17.6. The van der Waals surface area contributed by atoms with Gasteiger partial charge in [0.05, 0.1) is 77.9 Å². The lowest BCUT2D eigenvalue weighted by Gasteiger charge is -2.09. The third-order valence-electron chi connectivity index (χ3n) is 10.6. The zero-order valence-electron chi connectivity index (χ0n) is 39.2. The van der Waals surface area contributed by atoms with Crippen LogP contribution in [0.3, 0.4) is 0 Å². The molecule has 7 rings (SSSR count). The summed E-state index contributed by atoms with van der Waals surface area (Å²) < 4.78 is 29.2. The van der Waals surface area contributed by atoms with Crippen LogP contribution in [-0.4, -0.2) is 93.8 Å². The van der Waals surface area contributed by atoms with Crippen molar-refractivity contribution < 1.29 is 106 Å². The van der Waals surface area contributed by atoms with E-state index in [1.165, 1.54) is 60.7 Å². The van der Waals surface area contributed by atoms with Crippen molar-refractivity contribution >= 4 is 83.6 Å². The highest BCUT2D eigenvalue weighted by molar-refractivity contribution is 6.12. The van der Waals surface area contributed by atoms with Crippen molar-refractivity contribution in [3.63, 3.8) is 0 Å². The molecule has 0 aliphatic heterocycles. The van der Waals surface area contributed by atoms with Gasteiger partial charge in [-0.15, -0.1) is 0 Å². The van der Waals surface area contributed by atoms with E-state index in [9.17, 15) is 67.1 Å². The standard InChI is InChI=1S/C56H30O22/c57-43(58)33-7-3-9-35(25-33)49(65)73-45(61)29-17-21-31(22-18-29)47(63)75-51(67)37-11-5-13-39(27-37)53(69)77-55(71)41-15-1-2-16-42(41)56(72)78-54(70)40-14-6-12-38(28-40)52(68)76-48(64)32-23-19-30(20-24-32)46(62)74-50(66)36-10-4-8-34(26-36)44(59)60/h1-28H,(H,57,58)(H,59,60). The third kappa shape index (κ3) is 13.3. The maximum absolute atomic E-state index is 13.3. The minimum Gasteiger partial charge on any atom is -0.478 e. The van der Waals surface area contributed by atoms with Crippen molar-refractivity contribution in [1.29, 1.82) is 0 Å². The summed E-state index contributed by atoms with van der Waals surface area (Å²) in [5, 5.41) is 18.3. The zero-order valence-corrected chi connectivity index (χ0v) is 39.2. The van der Waals surface area contributed by atoms with E-state index >= 15 is 0 Å². The van der Waals surface area contributed by atoms with Crippen LogP contribution < -0.4 is 0 Å². The van der Waals surface area contributed by atoms with Gasteiger partial charge in [0, 0.05) is 0 Å². The zero-order chi connectivity index (χ0) is 56.2. The summed E-state index contributed by atoms with van der Waals surface area (Å²) in [5.41, 5.74) is -4.39. The Labute approximate surface area is 435 Å². The molecule has 0 fully saturated rings. The Morgan fingerprint density at radius 3 is 0.603 bits per heavy atom. The van der Waals surface area contributed by atoms with E-state index in [1.54, 1.807) is 0 Å². The van der Waals surface area contributed by atoms with Crippen LogP contribution in [0.15, 0.2) is 170 Å². The summed E-state index contributed by atoms with van der Waals surface area (Å²) >= 11 is 0. The molecule has 0 amide bonds. The third-order valence-corrected chi connectivity index (χ3v) is 10.6. The maximum Gasteiger partial charge on any atom is 0.346 e. The van der Waals surface area contributed by atoms with Gasteiger partial charge in [-0.1, -0.05) is 36.4 Å². The number of esters is 12. The summed E-state index contributed by atoms with van der Waals surface area (Å²) in [7, 11) is 0. The van der Waals surface area contributed by atoms with Crippen molar-refractivity contribution in [2.75, 3.05) is 0 Å². The normalized spacial score (nSPS) is 10.4. The van der Waals surface area contributed by atoms with Gasteiger partial charge in [-0.05, 0) is 133 Å². The fourth-order valence-electron chi connectivity index (χ4n) is 6.63. The van der Waals surface area contributed by atoms with E-state index in [2.05, 4.69) is 0 Å². The molecule has 7 aromatic carbocycles. The lowest BCUT2D eigenvalue weighted by Crippen LogP contribution is -2.20. The van der Waals surface area contributed by atoms with Gasteiger partial charge < -0.3 is 38.6 Å². The maximum atomic E-state index is 13.3. The van der Waals surface area contributed by atoms with Crippen LogP contribution in [0.2, 0.25) is 0 Å². The van der Waals surface area contributed by atoms with Gasteiger partial charge in [-0.3, -0.25) is 0 Å².